The number of benzene rings is 2. The van der Waals surface area contributed by atoms with Crippen LogP contribution < -0.4 is 0 Å². The summed E-state index contributed by atoms with van der Waals surface area (Å²) in [5.74, 6) is -3.06. The summed E-state index contributed by atoms with van der Waals surface area (Å²) in [6.07, 6.45) is 0. The second-order valence-corrected chi connectivity index (χ2v) is 206. The number of ether oxygens (including phenoxy) is 1. The molecule has 0 saturated carbocycles. The summed E-state index contributed by atoms with van der Waals surface area (Å²) in [5, 5.41) is 17.7. The molecule has 2 rings (SSSR count). The normalized spacial score (nSPS) is 10.8. The number of phenols is 2. The number of hydrogen-bond acceptors (Lipinski definition) is 6. The van der Waals surface area contributed by atoms with Gasteiger partial charge in [-0.15, -0.1) is 0 Å². The van der Waals surface area contributed by atoms with Crippen LogP contribution in [0, 0.1) is 11.6 Å². The summed E-state index contributed by atoms with van der Waals surface area (Å²) in [6.45, 7) is 4.99. The Labute approximate surface area is 348 Å². The van der Waals surface area contributed by atoms with Crippen LogP contribution in [0.15, 0.2) is 36.4 Å². The molecule has 0 unspecified atom stereocenters. The summed E-state index contributed by atoms with van der Waals surface area (Å²) in [4.78, 5) is 31.5. The molecule has 0 aliphatic heterocycles. The minimum atomic E-state index is -0.776. The first-order valence-corrected chi connectivity index (χ1v) is 72.1. The molecular formula is C20H21Br3CuF2I10O6. The van der Waals surface area contributed by atoms with Gasteiger partial charge in [-0.2, -0.15) is 0 Å². The van der Waals surface area contributed by atoms with Crippen molar-refractivity contribution < 1.29 is 49.5 Å². The number of halogens is 15. The van der Waals surface area contributed by atoms with Crippen molar-refractivity contribution in [2.75, 3.05) is 11.9 Å². The van der Waals surface area contributed by atoms with E-state index >= 15 is 0 Å². The van der Waals surface area contributed by atoms with Crippen molar-refractivity contribution in [3.63, 3.8) is 0 Å². The monoisotopic (exact) mass is 1960 g/mol. The molecule has 22 heteroatoms. The zero-order valence-electron chi connectivity index (χ0n) is 20.9. The van der Waals surface area contributed by atoms with E-state index in [2.05, 4.69) is 161 Å². The molecule has 6 nitrogen and oxygen atoms in total. The van der Waals surface area contributed by atoms with Crippen LogP contribution in [0.5, 0.6) is 11.5 Å². The van der Waals surface area contributed by atoms with Gasteiger partial charge in [0, 0.05) is 18.1 Å². The van der Waals surface area contributed by atoms with Crippen molar-refractivity contribution in [3.05, 3.63) is 59.2 Å². The van der Waals surface area contributed by atoms with Gasteiger partial charge in [-0.3, -0.25) is 14.4 Å². The number of ketones is 2. The molecule has 0 atom stereocenters. The van der Waals surface area contributed by atoms with Crippen LogP contribution in [0.2, 0.25) is 0 Å². The van der Waals surface area contributed by atoms with Crippen molar-refractivity contribution >= 4 is 205 Å². The van der Waals surface area contributed by atoms with Gasteiger partial charge in [-0.25, -0.2) is 8.78 Å². The van der Waals surface area contributed by atoms with E-state index in [4.69, 9.17) is 10.2 Å². The molecule has 0 aliphatic carbocycles. The van der Waals surface area contributed by atoms with Crippen LogP contribution in [0.1, 0.15) is 41.5 Å². The third-order valence-corrected chi connectivity index (χ3v) is 500. The zero-order chi connectivity index (χ0) is 33.6. The van der Waals surface area contributed by atoms with Crippen LogP contribution >= 0.6 is 187 Å². The average molecular weight is 1970 g/mol. The van der Waals surface area contributed by atoms with Crippen molar-refractivity contribution in [1.82, 2.24) is 0 Å². The van der Waals surface area contributed by atoms with Crippen LogP contribution in [0.4, 0.5) is 8.78 Å². The first-order chi connectivity index (χ1) is 19.4. The number of aromatic hydroxyl groups is 2. The van der Waals surface area contributed by atoms with Gasteiger partial charge in [0.15, 0.2) is 34.7 Å². The van der Waals surface area contributed by atoms with E-state index < -0.39 is 23.1 Å². The molecule has 0 amide bonds. The van der Waals surface area contributed by atoms with E-state index in [1.54, 1.807) is 6.92 Å². The standard InChI is InChI=1S/C8H6BrFO2.C8H7FO2.C4H8O2.2BrH.Cu.I10/c9-4-8(12)5-1-2-7(11)6(10)3-5;1-5(10)6-2-3-8(11)7(9)4-6;1-3-6-4(2)5;;;;1-7(2)9(5)10(6)8(3)4/h1-3,11H,4H2;2-4,11H,1H3;3H2,1-2H3;2*1H;;/q;;;;;+2;/p-2. The van der Waals surface area contributed by atoms with E-state index in [1.165, 1.54) is 37.3 Å². The first kappa shape index (κ1) is 52.3. The Morgan fingerprint density at radius 2 is 1.19 bits per heavy atom. The van der Waals surface area contributed by atoms with Gasteiger partial charge in [-0.1, -0.05) is 15.9 Å². The predicted molar refractivity (Wildman–Crippen MR) is 265 cm³/mol. The fraction of sp³-hybridized carbons (Fsp3) is 0.250. The Morgan fingerprint density at radius 1 is 0.833 bits per heavy atom. The number of carbonyl (C=O) groups is 3. The molecule has 2 aromatic rings. The topological polar surface area (TPSA) is 101 Å². The summed E-state index contributed by atoms with van der Waals surface area (Å²) in [5.41, 5.74) is 0.516. The predicted octanol–water partition coefficient (Wildman–Crippen LogP) is 15.0. The van der Waals surface area contributed by atoms with Crippen molar-refractivity contribution in [2.24, 2.45) is 0 Å². The van der Waals surface area contributed by atoms with Crippen LogP contribution in [0.3, 0.4) is 0 Å². The molecule has 2 aromatic carbocycles. The molecule has 0 fully saturated rings. The van der Waals surface area contributed by atoms with Gasteiger partial charge < -0.3 is 14.9 Å². The number of rotatable bonds is 7. The third-order valence-electron chi connectivity index (χ3n) is 3.34. The molecule has 253 valence electrons. The van der Waals surface area contributed by atoms with E-state index in [0.717, 1.165) is 24.3 Å². The van der Waals surface area contributed by atoms with Crippen LogP contribution in [0.25, 0.3) is 0 Å². The average Bonchev–Trinajstić information content (AvgIpc) is 2.91. The summed E-state index contributed by atoms with van der Waals surface area (Å²) >= 11 is 27.2. The van der Waals surface area contributed by atoms with Gasteiger partial charge in [0.25, 0.3) is 0 Å². The van der Waals surface area contributed by atoms with Gasteiger partial charge in [0.05, 0.1) is 11.9 Å². The molecule has 0 heterocycles. The molecule has 0 bridgehead atoms. The van der Waals surface area contributed by atoms with Crippen molar-refractivity contribution in [1.29, 1.82) is 0 Å². The number of alkyl halides is 1. The quantitative estimate of drug-likeness (QED) is 0.0942. The van der Waals surface area contributed by atoms with E-state index in [-0.39, 0.29) is 65.6 Å². The molecule has 0 spiro atoms. The molecule has 0 aliphatic rings. The summed E-state index contributed by atoms with van der Waals surface area (Å²) in [6, 6.07) is 7.09. The molecule has 0 saturated heterocycles. The summed E-state index contributed by atoms with van der Waals surface area (Å²) in [7, 11) is -1.31. The van der Waals surface area contributed by atoms with E-state index in [1.807, 2.05) is 0 Å². The SMILES string of the molecule is CC(=O)c1ccc(O)c(F)c1.CCOC(C)=O.II(I)I(I)I(I)I(I)I.O=C(CBr)c1ccc(O)c(F)c1.[Br][Cu][Br]. The molecule has 0 aromatic heterocycles. The Kier molecular flexibility index (Phi) is 40.9. The Morgan fingerprint density at radius 3 is 1.43 bits per heavy atom. The molecule has 2 N–H and O–H groups in total. The number of carbonyl (C=O) groups excluding carboxylic acids is 3. The summed E-state index contributed by atoms with van der Waals surface area (Å²) < 4.78 is 29.6. The maximum absolute atomic E-state index is 12.7. The number of hydrogen-bond donors (Lipinski definition) is 2. The Hall–Kier alpha value is 5.97. The Balaban J connectivity index is -0.000000478. The first-order valence-electron chi connectivity index (χ1n) is 9.75. The van der Waals surface area contributed by atoms with E-state index in [9.17, 15) is 23.2 Å². The number of phenolic OH excluding ortho intramolecular Hbond substituents is 2. The Bertz CT molecular complexity index is 1090. The van der Waals surface area contributed by atoms with Gasteiger partial charge in [0.1, 0.15) is 0 Å². The molecular weight excluding hydrogens is 1950 g/mol. The van der Waals surface area contributed by atoms with E-state index in [0.29, 0.717) is 6.61 Å². The fourth-order valence-corrected chi connectivity index (χ4v) is 840. The molecule has 42 heavy (non-hydrogen) atoms. The second kappa shape index (κ2) is 32.8. The third kappa shape index (κ3) is 28.6. The number of Topliss-reactive ketones (excluding diaryl/α,β-unsaturated/α-hetero) is 2. The fourth-order valence-electron chi connectivity index (χ4n) is 1.75. The zero-order valence-corrected chi connectivity index (χ0v) is 48.2. The van der Waals surface area contributed by atoms with Crippen LogP contribution in [-0.4, -0.2) is 39.7 Å². The molecule has 0 radical (unpaired) electrons. The number of esters is 1. The van der Waals surface area contributed by atoms with Crippen molar-refractivity contribution in [2.45, 2.75) is 20.8 Å². The minimum absolute atomic E-state index is 0.150. The van der Waals surface area contributed by atoms with Crippen LogP contribution in [-0.2, 0) is 20.9 Å². The second-order valence-electron chi connectivity index (χ2n) is 6.06. The van der Waals surface area contributed by atoms with Gasteiger partial charge >= 0.3 is 189 Å². The maximum atomic E-state index is 12.7. The van der Waals surface area contributed by atoms with Gasteiger partial charge in [0.2, 0.25) is 0 Å². The van der Waals surface area contributed by atoms with Gasteiger partial charge in [-0.05, 0) is 50.2 Å². The van der Waals surface area contributed by atoms with Crippen molar-refractivity contribution in [3.8, 4) is 11.5 Å².